The summed E-state index contributed by atoms with van der Waals surface area (Å²) >= 11 is 0. The van der Waals surface area contributed by atoms with Gasteiger partial charge in [0.25, 0.3) is 0 Å². The molecule has 2 N–H and O–H groups in total. The fourth-order valence-corrected chi connectivity index (χ4v) is 1.14. The maximum absolute atomic E-state index is 13.0. The highest BCUT2D eigenvalue weighted by Crippen LogP contribution is 2.06. The number of benzene rings is 1. The monoisotopic (exact) mass is 182 g/mol. The lowest BCUT2D eigenvalue weighted by Crippen LogP contribution is -2.36. The molecule has 0 amide bonds. The number of hydrogen-bond acceptors (Lipinski definition) is 3. The van der Waals surface area contributed by atoms with Crippen molar-refractivity contribution in [3.63, 3.8) is 0 Å². The van der Waals surface area contributed by atoms with E-state index in [2.05, 4.69) is 0 Å². The third kappa shape index (κ3) is 1.76. The molecule has 13 heavy (non-hydrogen) atoms. The Morgan fingerprint density at radius 3 is 2.46 bits per heavy atom. The van der Waals surface area contributed by atoms with E-state index in [1.807, 2.05) is 0 Å². The van der Waals surface area contributed by atoms with Crippen molar-refractivity contribution in [1.29, 1.82) is 0 Å². The summed E-state index contributed by atoms with van der Waals surface area (Å²) in [4.78, 5) is 10.5. The summed E-state index contributed by atoms with van der Waals surface area (Å²) in [6.45, 7) is 1.59. The third-order valence-electron chi connectivity index (χ3n) is 1.83. The Morgan fingerprint density at radius 1 is 1.46 bits per heavy atom. The highest BCUT2D eigenvalue weighted by atomic mass is 19.1. The summed E-state index contributed by atoms with van der Waals surface area (Å²) in [5.74, 6) is -0.789. The van der Waals surface area contributed by atoms with Crippen molar-refractivity contribution >= 4 is 18.9 Å². The molecule has 0 bridgehead atoms. The van der Waals surface area contributed by atoms with Gasteiger partial charge in [0.2, 0.25) is 0 Å². The molecule has 1 aromatic rings. The van der Waals surface area contributed by atoms with Crippen LogP contribution in [0.25, 0.3) is 0 Å². The number of halogens is 1. The number of hydrogen-bond donors (Lipinski definition) is 2. The third-order valence-corrected chi connectivity index (χ3v) is 1.83. The summed E-state index contributed by atoms with van der Waals surface area (Å²) in [5.41, 5.74) is 0.143. The summed E-state index contributed by atoms with van der Waals surface area (Å²) in [6, 6.07) is 2.50. The Kier molecular flexibility index (Phi) is 2.80. The molecule has 1 rings (SSSR count). The summed E-state index contributed by atoms with van der Waals surface area (Å²) in [6.07, 6.45) is 0.410. The van der Waals surface area contributed by atoms with Crippen LogP contribution in [0.2, 0.25) is 0 Å². The van der Waals surface area contributed by atoms with Crippen LogP contribution in [0.15, 0.2) is 12.1 Å². The molecule has 0 saturated carbocycles. The summed E-state index contributed by atoms with van der Waals surface area (Å²) < 4.78 is 13.0. The molecule has 0 unspecified atom stereocenters. The van der Waals surface area contributed by atoms with E-state index < -0.39 is 12.9 Å². The second-order valence-corrected chi connectivity index (χ2v) is 2.68. The van der Waals surface area contributed by atoms with Gasteiger partial charge >= 0.3 is 7.12 Å². The van der Waals surface area contributed by atoms with Crippen molar-refractivity contribution in [3.8, 4) is 0 Å². The van der Waals surface area contributed by atoms with Gasteiger partial charge in [-0.05, 0) is 18.6 Å². The number of rotatable bonds is 2. The Bertz CT molecular complexity index is 338. The van der Waals surface area contributed by atoms with E-state index in [1.54, 1.807) is 6.92 Å². The van der Waals surface area contributed by atoms with Gasteiger partial charge in [-0.25, -0.2) is 4.39 Å². The van der Waals surface area contributed by atoms with E-state index in [0.29, 0.717) is 11.8 Å². The van der Waals surface area contributed by atoms with E-state index in [1.165, 1.54) is 6.07 Å². The van der Waals surface area contributed by atoms with Crippen LogP contribution in [-0.4, -0.2) is 23.5 Å². The van der Waals surface area contributed by atoms with Crippen LogP contribution in [0.1, 0.15) is 15.9 Å². The molecule has 0 aliphatic carbocycles. The first-order chi connectivity index (χ1) is 6.07. The zero-order chi connectivity index (χ0) is 10.0. The smallest absolute Gasteiger partial charge is 0.423 e. The second-order valence-electron chi connectivity index (χ2n) is 2.68. The molecule has 0 fully saturated rings. The van der Waals surface area contributed by atoms with Gasteiger partial charge in [0.05, 0.1) is 0 Å². The van der Waals surface area contributed by atoms with Gasteiger partial charge in [-0.3, -0.25) is 4.79 Å². The SMILES string of the molecule is Cc1ccc(F)c(B(O)O)c1C=O. The molecular formula is C8H8BFO3. The van der Waals surface area contributed by atoms with Gasteiger partial charge in [-0.15, -0.1) is 0 Å². The van der Waals surface area contributed by atoms with Crippen LogP contribution in [0, 0.1) is 12.7 Å². The van der Waals surface area contributed by atoms with Crippen LogP contribution in [0.5, 0.6) is 0 Å². The van der Waals surface area contributed by atoms with Crippen molar-refractivity contribution in [2.45, 2.75) is 6.92 Å². The van der Waals surface area contributed by atoms with Gasteiger partial charge < -0.3 is 10.0 Å². The molecule has 0 atom stereocenters. The second kappa shape index (κ2) is 3.68. The average molecular weight is 182 g/mol. The molecule has 0 aliphatic rings. The lowest BCUT2D eigenvalue weighted by molar-refractivity contribution is 0.112. The van der Waals surface area contributed by atoms with Crippen LogP contribution in [0.3, 0.4) is 0 Å². The van der Waals surface area contributed by atoms with Crippen LogP contribution < -0.4 is 5.46 Å². The minimum Gasteiger partial charge on any atom is -0.423 e. The first kappa shape index (κ1) is 9.89. The fraction of sp³-hybridized carbons (Fsp3) is 0.125. The zero-order valence-corrected chi connectivity index (χ0v) is 6.99. The molecule has 5 heteroatoms. The molecule has 1 aromatic carbocycles. The Balaban J connectivity index is 3.43. The first-order valence-corrected chi connectivity index (χ1v) is 3.68. The van der Waals surface area contributed by atoms with Crippen molar-refractivity contribution in [2.75, 3.05) is 0 Å². The fourth-order valence-electron chi connectivity index (χ4n) is 1.14. The topological polar surface area (TPSA) is 57.5 Å². The molecule has 68 valence electrons. The van der Waals surface area contributed by atoms with Crippen molar-refractivity contribution < 1.29 is 19.2 Å². The molecule has 0 aliphatic heterocycles. The lowest BCUT2D eigenvalue weighted by atomic mass is 9.75. The predicted octanol–water partition coefficient (Wildman–Crippen LogP) is -0.374. The van der Waals surface area contributed by atoms with E-state index in [-0.39, 0.29) is 11.0 Å². The maximum Gasteiger partial charge on any atom is 0.492 e. The van der Waals surface area contributed by atoms with Gasteiger partial charge in [0.15, 0.2) is 0 Å². The molecule has 0 saturated heterocycles. The van der Waals surface area contributed by atoms with Crippen LogP contribution >= 0.6 is 0 Å². The number of carbonyl (C=O) groups excluding carboxylic acids is 1. The van der Waals surface area contributed by atoms with E-state index in [0.717, 1.165) is 6.07 Å². The van der Waals surface area contributed by atoms with Crippen molar-refractivity contribution in [1.82, 2.24) is 0 Å². The Labute approximate surface area is 75.0 Å². The molecule has 0 heterocycles. The van der Waals surface area contributed by atoms with Gasteiger partial charge in [0.1, 0.15) is 12.1 Å². The zero-order valence-electron chi connectivity index (χ0n) is 6.99. The molecule has 0 radical (unpaired) electrons. The number of aryl methyl sites for hydroxylation is 1. The highest BCUT2D eigenvalue weighted by molar-refractivity contribution is 6.60. The highest BCUT2D eigenvalue weighted by Gasteiger charge is 2.21. The minimum absolute atomic E-state index is 0.00463. The van der Waals surface area contributed by atoms with Crippen molar-refractivity contribution in [2.24, 2.45) is 0 Å². The normalized spacial score (nSPS) is 9.85. The molecular weight excluding hydrogens is 174 g/mol. The summed E-state index contributed by atoms with van der Waals surface area (Å²) in [5, 5.41) is 17.6. The minimum atomic E-state index is -1.96. The average Bonchev–Trinajstić information content (AvgIpc) is 2.07. The maximum atomic E-state index is 13.0. The van der Waals surface area contributed by atoms with E-state index in [4.69, 9.17) is 10.0 Å². The molecule has 0 spiro atoms. The van der Waals surface area contributed by atoms with E-state index in [9.17, 15) is 9.18 Å². The van der Waals surface area contributed by atoms with Gasteiger partial charge in [0, 0.05) is 11.0 Å². The number of aldehydes is 1. The molecule has 3 nitrogen and oxygen atoms in total. The molecule has 0 aromatic heterocycles. The van der Waals surface area contributed by atoms with Gasteiger partial charge in [-0.1, -0.05) is 6.07 Å². The van der Waals surface area contributed by atoms with Gasteiger partial charge in [-0.2, -0.15) is 0 Å². The predicted molar refractivity (Wildman–Crippen MR) is 46.4 cm³/mol. The van der Waals surface area contributed by atoms with Crippen LogP contribution in [-0.2, 0) is 0 Å². The standard InChI is InChI=1S/C8H8BFO3/c1-5-2-3-7(10)8(9(12)13)6(5)4-11/h2-4,12-13H,1H3. The number of carbonyl (C=O) groups is 1. The quantitative estimate of drug-likeness (QED) is 0.484. The van der Waals surface area contributed by atoms with Crippen molar-refractivity contribution in [3.05, 3.63) is 29.1 Å². The largest absolute Gasteiger partial charge is 0.492 e. The van der Waals surface area contributed by atoms with E-state index >= 15 is 0 Å². The Hall–Kier alpha value is -1.20. The first-order valence-electron chi connectivity index (χ1n) is 3.68. The lowest BCUT2D eigenvalue weighted by Gasteiger charge is -2.07. The summed E-state index contributed by atoms with van der Waals surface area (Å²) in [7, 11) is -1.96. The van der Waals surface area contributed by atoms with Crippen LogP contribution in [0.4, 0.5) is 4.39 Å². The Morgan fingerprint density at radius 2 is 2.08 bits per heavy atom.